The Labute approximate surface area is 361 Å². The average molecular weight is 871 g/mol. The lowest BCUT2D eigenvalue weighted by molar-refractivity contribution is -0.145. The molecule has 2 aliphatic heterocycles. The highest BCUT2D eigenvalue weighted by atomic mass is 28.4. The average Bonchev–Trinajstić information content (AvgIpc) is 3.90. The predicted octanol–water partition coefficient (Wildman–Crippen LogP) is 7.86. The molecule has 60 heavy (non-hydrogen) atoms. The van der Waals surface area contributed by atoms with Crippen LogP contribution in [0, 0.1) is 47.3 Å². The lowest BCUT2D eigenvalue weighted by Crippen LogP contribution is -2.44. The molecule has 2 aliphatic carbocycles. The van der Waals surface area contributed by atoms with Crippen LogP contribution in [-0.2, 0) is 47.1 Å². The number of nitrogens with zero attached hydrogens (tertiary/aromatic N) is 2. The summed E-state index contributed by atoms with van der Waals surface area (Å²) in [7, 11) is -1.94. The molecular formula is C46H74N2O10Si2. The fraction of sp³-hybridized carbons (Fsp3) is 0.739. The van der Waals surface area contributed by atoms with Crippen LogP contribution in [0.1, 0.15) is 90.4 Å². The van der Waals surface area contributed by atoms with Gasteiger partial charge in [-0.05, 0) is 107 Å². The molecular weight excluding hydrogens is 797 g/mol. The van der Waals surface area contributed by atoms with Gasteiger partial charge in [0.2, 0.25) is 23.6 Å². The first-order valence-electron chi connectivity index (χ1n) is 22.7. The third kappa shape index (κ3) is 13.2. The molecule has 4 rings (SSSR count). The fourth-order valence-corrected chi connectivity index (χ4v) is 19.1. The van der Waals surface area contributed by atoms with Crippen LogP contribution in [0.25, 0.3) is 0 Å². The van der Waals surface area contributed by atoms with Gasteiger partial charge in [-0.1, -0.05) is 56.9 Å². The van der Waals surface area contributed by atoms with Crippen molar-refractivity contribution in [2.75, 3.05) is 40.0 Å². The minimum absolute atomic E-state index is 0.134. The van der Waals surface area contributed by atoms with Crippen LogP contribution in [0.5, 0.6) is 0 Å². The second kappa shape index (κ2) is 23.3. The molecule has 4 aliphatic rings. The first-order chi connectivity index (χ1) is 28.6. The number of allylic oxidation sites excluding steroid dienone is 4. The van der Waals surface area contributed by atoms with E-state index in [1.807, 2.05) is 12.2 Å². The number of methoxy groups -OCH3 is 1. The van der Waals surface area contributed by atoms with E-state index in [0.29, 0.717) is 84.1 Å². The summed E-state index contributed by atoms with van der Waals surface area (Å²) in [4.78, 5) is 82.0. The summed E-state index contributed by atoms with van der Waals surface area (Å²) in [5.41, 5.74) is 0. The summed E-state index contributed by atoms with van der Waals surface area (Å²) in [6, 6.07) is 2.14. The van der Waals surface area contributed by atoms with Crippen LogP contribution in [0.2, 0.25) is 38.3 Å². The van der Waals surface area contributed by atoms with Crippen LogP contribution in [0.3, 0.4) is 0 Å². The third-order valence-electron chi connectivity index (χ3n) is 13.1. The molecule has 0 radical (unpaired) electrons. The summed E-state index contributed by atoms with van der Waals surface area (Å²) in [5.74, 6) is -3.68. The largest absolute Gasteiger partial charge is 0.466 e. The Balaban J connectivity index is 1.22. The molecule has 0 aromatic rings. The number of ether oxygens (including phenoxy) is 3. The molecule has 2 saturated carbocycles. The van der Waals surface area contributed by atoms with Crippen LogP contribution in [-0.4, -0.2) is 102 Å². The molecule has 0 bridgehead atoms. The van der Waals surface area contributed by atoms with E-state index in [-0.39, 0.29) is 72.3 Å². The maximum absolute atomic E-state index is 13.8. The summed E-state index contributed by atoms with van der Waals surface area (Å²) in [6.07, 6.45) is 16.5. The van der Waals surface area contributed by atoms with E-state index >= 15 is 0 Å². The number of imide groups is 2. The topological polar surface area (TPSA) is 146 Å². The zero-order chi connectivity index (χ0) is 44.0. The number of carbonyl (C=O) groups is 6. The van der Waals surface area contributed by atoms with Crippen LogP contribution in [0.15, 0.2) is 37.5 Å². The molecule has 0 aromatic carbocycles. The Morgan fingerprint density at radius 2 is 1.02 bits per heavy atom. The maximum atomic E-state index is 13.8. The Hall–Kier alpha value is -3.21. The van der Waals surface area contributed by atoms with Crippen molar-refractivity contribution in [3.63, 3.8) is 0 Å². The van der Waals surface area contributed by atoms with Crippen molar-refractivity contribution in [2.45, 2.75) is 129 Å². The van der Waals surface area contributed by atoms with Crippen molar-refractivity contribution in [3.8, 4) is 0 Å². The van der Waals surface area contributed by atoms with Gasteiger partial charge in [-0.15, -0.1) is 13.2 Å². The second-order valence-corrected chi connectivity index (χ2v) is 27.5. The standard InChI is InChI=1S/C46H74N2O10Si2/c1-9-12-29-59(5,6)58-60(7,8)30-19-26-56-37(49)20-15-13-17-24-47-43(51)39-33(10-2)31-35(41(39)45(47)53)22-23-36-32-34(11-3)40-42(36)46(54)48(44(40)52)25-18-14-16-21-38(50)57-28-27-55-4/h10-11,22-23,33-36,39-42H,2-3,9,12-21,24-32H2,1,4-8H3/b23-22-/t33?,34?,35?,36?,39-,40+,41+,42-/m1/s1. The fourth-order valence-electron chi connectivity index (χ4n) is 10.1. The number of unbranched alkanes of at least 4 members (excludes halogenated alkanes) is 5. The van der Waals surface area contributed by atoms with E-state index in [1.165, 1.54) is 28.7 Å². The molecule has 12 nitrogen and oxygen atoms in total. The third-order valence-corrected chi connectivity index (χ3v) is 20.6. The number of esters is 2. The van der Waals surface area contributed by atoms with E-state index in [0.717, 1.165) is 12.5 Å². The number of amides is 4. The molecule has 0 aromatic heterocycles. The van der Waals surface area contributed by atoms with Crippen LogP contribution < -0.4 is 0 Å². The van der Waals surface area contributed by atoms with Crippen molar-refractivity contribution in [1.82, 2.24) is 9.80 Å². The number of likely N-dealkylation sites (tertiary alicyclic amines) is 2. The molecule has 0 N–H and O–H groups in total. The van der Waals surface area contributed by atoms with Gasteiger partial charge in [0, 0.05) is 33.0 Å². The van der Waals surface area contributed by atoms with Crippen LogP contribution in [0.4, 0.5) is 0 Å². The van der Waals surface area contributed by atoms with Gasteiger partial charge in [0.1, 0.15) is 6.61 Å². The van der Waals surface area contributed by atoms with Gasteiger partial charge >= 0.3 is 11.9 Å². The Morgan fingerprint density at radius 3 is 1.43 bits per heavy atom. The Morgan fingerprint density at radius 1 is 0.600 bits per heavy atom. The van der Waals surface area contributed by atoms with E-state index in [2.05, 4.69) is 46.3 Å². The number of rotatable bonds is 28. The quantitative estimate of drug-likeness (QED) is 0.0251. The molecule has 14 heteroatoms. The van der Waals surface area contributed by atoms with Gasteiger partial charge in [0.05, 0.1) is 36.9 Å². The second-order valence-electron chi connectivity index (χ2n) is 18.6. The van der Waals surface area contributed by atoms with E-state index < -0.39 is 40.3 Å². The minimum atomic E-state index is -1.82. The lowest BCUT2D eigenvalue weighted by atomic mass is 9.86. The molecule has 8 atom stereocenters. The van der Waals surface area contributed by atoms with Crippen molar-refractivity contribution in [3.05, 3.63) is 37.5 Å². The normalized spacial score (nSPS) is 26.6. The zero-order valence-electron chi connectivity index (χ0n) is 37.5. The highest BCUT2D eigenvalue weighted by Gasteiger charge is 2.59. The van der Waals surface area contributed by atoms with Gasteiger partial charge in [-0.3, -0.25) is 38.6 Å². The number of fused-ring (bicyclic) bond motifs is 2. The summed E-state index contributed by atoms with van der Waals surface area (Å²) >= 11 is 0. The number of hydrogen-bond acceptors (Lipinski definition) is 10. The lowest BCUT2D eigenvalue weighted by Gasteiger charge is -2.34. The van der Waals surface area contributed by atoms with Crippen molar-refractivity contribution >= 4 is 52.2 Å². The van der Waals surface area contributed by atoms with Crippen molar-refractivity contribution in [1.29, 1.82) is 0 Å². The predicted molar refractivity (Wildman–Crippen MR) is 236 cm³/mol. The summed E-state index contributed by atoms with van der Waals surface area (Å²) < 4.78 is 22.2. The van der Waals surface area contributed by atoms with E-state index in [4.69, 9.17) is 18.3 Å². The SMILES string of the molecule is C=CC1CC(/C=C\C2CC(C=C)[C@@H]3C(=O)N(CCCCCC(=O)OCCOC)C(=O)[C@H]23)[C@@H]2C(=O)N(CCCCCC(=O)OCCC[Si](C)(C)O[Si](C)(C)CCCC)C(=O)[C@H]12. The maximum Gasteiger partial charge on any atom is 0.305 e. The Kier molecular flexibility index (Phi) is 19.2. The molecule has 4 amide bonds. The van der Waals surface area contributed by atoms with Gasteiger partial charge in [0.15, 0.2) is 16.6 Å². The van der Waals surface area contributed by atoms with Gasteiger partial charge in [-0.2, -0.15) is 0 Å². The van der Waals surface area contributed by atoms with Gasteiger partial charge in [-0.25, -0.2) is 0 Å². The Bertz CT molecular complexity index is 1560. The zero-order valence-corrected chi connectivity index (χ0v) is 39.5. The molecule has 2 saturated heterocycles. The number of hydrogen-bond donors (Lipinski definition) is 0. The molecule has 0 spiro atoms. The van der Waals surface area contributed by atoms with Crippen LogP contribution >= 0.6 is 0 Å². The van der Waals surface area contributed by atoms with Crippen molar-refractivity contribution in [2.24, 2.45) is 47.3 Å². The highest BCUT2D eigenvalue weighted by Crippen LogP contribution is 2.51. The van der Waals surface area contributed by atoms with E-state index in [1.54, 1.807) is 19.3 Å². The molecule has 336 valence electrons. The monoisotopic (exact) mass is 870 g/mol. The minimum Gasteiger partial charge on any atom is -0.466 e. The van der Waals surface area contributed by atoms with Gasteiger partial charge < -0.3 is 18.3 Å². The first-order valence-corrected chi connectivity index (χ1v) is 29.0. The summed E-state index contributed by atoms with van der Waals surface area (Å²) in [5, 5.41) is 0. The smallest absolute Gasteiger partial charge is 0.305 e. The first kappa shape index (κ1) is 49.4. The summed E-state index contributed by atoms with van der Waals surface area (Å²) in [6.45, 7) is 20.9. The number of carbonyl (C=O) groups excluding carboxylic acids is 6. The van der Waals surface area contributed by atoms with Crippen molar-refractivity contribution < 1.29 is 47.1 Å². The molecule has 4 unspecified atom stereocenters. The highest BCUT2D eigenvalue weighted by molar-refractivity contribution is 6.84. The molecule has 4 fully saturated rings. The molecule has 2 heterocycles. The van der Waals surface area contributed by atoms with E-state index in [9.17, 15) is 28.8 Å². The van der Waals surface area contributed by atoms with Gasteiger partial charge in [0.25, 0.3) is 0 Å².